The monoisotopic (exact) mass is 321 g/mol. The van der Waals surface area contributed by atoms with Crippen molar-refractivity contribution >= 4 is 29.1 Å². The molecule has 0 aliphatic carbocycles. The Labute approximate surface area is 130 Å². The summed E-state index contributed by atoms with van der Waals surface area (Å²) in [5.74, 6) is 0.726. The van der Waals surface area contributed by atoms with E-state index >= 15 is 0 Å². The number of rotatable bonds is 2. The maximum Gasteiger partial charge on any atom is 0.346 e. The number of hydrogen-bond donors (Lipinski definition) is 0. The summed E-state index contributed by atoms with van der Waals surface area (Å²) in [5.41, 5.74) is 0. The van der Waals surface area contributed by atoms with Gasteiger partial charge in [-0.15, -0.1) is 11.3 Å². The molecule has 0 aromatic carbocycles. The molecule has 0 unspecified atom stereocenters. The van der Waals surface area contributed by atoms with Gasteiger partial charge in [0, 0.05) is 30.9 Å². The molecule has 110 valence electrons. The zero-order valence-electron chi connectivity index (χ0n) is 11.6. The van der Waals surface area contributed by atoms with Crippen LogP contribution in [-0.2, 0) is 0 Å². The molecule has 0 atom stereocenters. The quantitative estimate of drug-likeness (QED) is 0.628. The lowest BCUT2D eigenvalue weighted by molar-refractivity contribution is 0.218. The zero-order valence-corrected chi connectivity index (χ0v) is 13.2. The van der Waals surface area contributed by atoms with E-state index in [4.69, 9.17) is 0 Å². The SMILES string of the molecule is CSc1nccc(-n2ccs/c2=N\C(=O)N2CCCC2)n1. The van der Waals surface area contributed by atoms with Crippen LogP contribution in [0.4, 0.5) is 4.79 Å². The van der Waals surface area contributed by atoms with Crippen molar-refractivity contribution in [2.75, 3.05) is 19.3 Å². The number of amides is 2. The molecule has 2 amide bonds. The average molecular weight is 321 g/mol. The number of carbonyl (C=O) groups is 1. The Hall–Kier alpha value is -1.67. The van der Waals surface area contributed by atoms with Gasteiger partial charge in [-0.05, 0) is 25.2 Å². The van der Waals surface area contributed by atoms with Crippen LogP contribution in [0.5, 0.6) is 0 Å². The van der Waals surface area contributed by atoms with Crippen LogP contribution >= 0.6 is 23.1 Å². The van der Waals surface area contributed by atoms with Crippen molar-refractivity contribution in [2.45, 2.75) is 18.0 Å². The number of urea groups is 1. The molecule has 1 aliphatic rings. The van der Waals surface area contributed by atoms with Crippen LogP contribution < -0.4 is 4.80 Å². The number of hydrogen-bond acceptors (Lipinski definition) is 5. The lowest BCUT2D eigenvalue weighted by Gasteiger charge is -2.10. The fourth-order valence-corrected chi connectivity index (χ4v) is 3.21. The highest BCUT2D eigenvalue weighted by molar-refractivity contribution is 7.98. The maximum atomic E-state index is 12.1. The summed E-state index contributed by atoms with van der Waals surface area (Å²) in [6.45, 7) is 1.61. The van der Waals surface area contributed by atoms with E-state index in [0.29, 0.717) is 9.96 Å². The second-order valence-corrected chi connectivity index (χ2v) is 6.19. The average Bonchev–Trinajstić information content (AvgIpc) is 3.18. The Balaban J connectivity index is 1.94. The molecule has 0 saturated carbocycles. The number of nitrogens with zero attached hydrogens (tertiary/aromatic N) is 5. The van der Waals surface area contributed by atoms with Gasteiger partial charge < -0.3 is 4.90 Å². The molecule has 0 radical (unpaired) electrons. The summed E-state index contributed by atoms with van der Waals surface area (Å²) in [6, 6.07) is 1.65. The molecule has 1 fully saturated rings. The van der Waals surface area contributed by atoms with Gasteiger partial charge in [-0.25, -0.2) is 14.8 Å². The first kappa shape index (κ1) is 14.3. The Morgan fingerprint density at radius 3 is 3.00 bits per heavy atom. The molecule has 0 N–H and O–H groups in total. The van der Waals surface area contributed by atoms with E-state index in [-0.39, 0.29) is 6.03 Å². The van der Waals surface area contributed by atoms with E-state index in [1.165, 1.54) is 23.1 Å². The minimum absolute atomic E-state index is 0.164. The summed E-state index contributed by atoms with van der Waals surface area (Å²) in [6.07, 6.45) is 7.64. The summed E-state index contributed by atoms with van der Waals surface area (Å²) >= 11 is 2.91. The Morgan fingerprint density at radius 2 is 2.24 bits per heavy atom. The van der Waals surface area contributed by atoms with Gasteiger partial charge in [0.1, 0.15) is 5.82 Å². The molecule has 0 bridgehead atoms. The number of thioether (sulfide) groups is 1. The van der Waals surface area contributed by atoms with Crippen molar-refractivity contribution in [3.63, 3.8) is 0 Å². The summed E-state index contributed by atoms with van der Waals surface area (Å²) in [5, 5.41) is 2.60. The van der Waals surface area contributed by atoms with Gasteiger partial charge in [-0.2, -0.15) is 4.99 Å². The highest BCUT2D eigenvalue weighted by Gasteiger charge is 2.17. The largest absolute Gasteiger partial charge is 0.346 e. The van der Waals surface area contributed by atoms with Crippen molar-refractivity contribution in [3.8, 4) is 5.82 Å². The Bertz CT molecular complexity index is 702. The highest BCUT2D eigenvalue weighted by atomic mass is 32.2. The van der Waals surface area contributed by atoms with Gasteiger partial charge in [0.15, 0.2) is 9.96 Å². The van der Waals surface area contributed by atoms with Crippen molar-refractivity contribution in [2.24, 2.45) is 4.99 Å². The van der Waals surface area contributed by atoms with E-state index in [9.17, 15) is 4.79 Å². The number of aromatic nitrogens is 3. The Kier molecular flexibility index (Phi) is 4.35. The lowest BCUT2D eigenvalue weighted by Crippen LogP contribution is -2.27. The van der Waals surface area contributed by atoms with Crippen molar-refractivity contribution in [1.82, 2.24) is 19.4 Å². The summed E-state index contributed by atoms with van der Waals surface area (Å²) < 4.78 is 1.82. The van der Waals surface area contributed by atoms with Crippen LogP contribution in [0, 0.1) is 0 Å². The first-order valence-electron chi connectivity index (χ1n) is 6.65. The second-order valence-electron chi connectivity index (χ2n) is 4.55. The molecule has 2 aromatic rings. The molecule has 0 spiro atoms. The Morgan fingerprint density at radius 1 is 1.43 bits per heavy atom. The van der Waals surface area contributed by atoms with Gasteiger partial charge in [-0.1, -0.05) is 11.8 Å². The molecule has 3 heterocycles. The van der Waals surface area contributed by atoms with Crippen molar-refractivity contribution in [3.05, 3.63) is 28.6 Å². The molecule has 6 nitrogen and oxygen atoms in total. The van der Waals surface area contributed by atoms with Gasteiger partial charge in [0.2, 0.25) is 0 Å². The normalized spacial score (nSPS) is 15.7. The fourth-order valence-electron chi connectivity index (χ4n) is 2.15. The van der Waals surface area contributed by atoms with Gasteiger partial charge in [0.05, 0.1) is 0 Å². The third-order valence-electron chi connectivity index (χ3n) is 3.21. The molecule has 2 aromatic heterocycles. The molecule has 1 aliphatic heterocycles. The minimum atomic E-state index is -0.164. The first-order chi connectivity index (χ1) is 10.3. The van der Waals surface area contributed by atoms with E-state index in [1.807, 2.05) is 28.5 Å². The third-order valence-corrected chi connectivity index (χ3v) is 4.52. The predicted molar refractivity (Wildman–Crippen MR) is 82.8 cm³/mol. The molecule has 3 rings (SSSR count). The van der Waals surface area contributed by atoms with Crippen LogP contribution in [-0.4, -0.2) is 44.8 Å². The van der Waals surface area contributed by atoms with Crippen LogP contribution in [0.15, 0.2) is 34.0 Å². The molecular weight excluding hydrogens is 306 g/mol. The smallest absolute Gasteiger partial charge is 0.323 e. The summed E-state index contributed by atoms with van der Waals surface area (Å²) in [4.78, 5) is 27.4. The maximum absolute atomic E-state index is 12.1. The number of carbonyl (C=O) groups excluding carboxylic acids is 1. The zero-order chi connectivity index (χ0) is 14.7. The van der Waals surface area contributed by atoms with E-state index in [2.05, 4.69) is 15.0 Å². The van der Waals surface area contributed by atoms with Crippen LogP contribution in [0.2, 0.25) is 0 Å². The van der Waals surface area contributed by atoms with Crippen LogP contribution in [0.3, 0.4) is 0 Å². The molecule has 1 saturated heterocycles. The number of likely N-dealkylation sites (tertiary alicyclic amines) is 1. The molecular formula is C13H15N5OS2. The van der Waals surface area contributed by atoms with Gasteiger partial charge >= 0.3 is 6.03 Å². The van der Waals surface area contributed by atoms with E-state index in [0.717, 1.165) is 31.7 Å². The van der Waals surface area contributed by atoms with Crippen molar-refractivity contribution in [1.29, 1.82) is 0 Å². The minimum Gasteiger partial charge on any atom is -0.323 e. The van der Waals surface area contributed by atoms with Gasteiger partial charge in [-0.3, -0.25) is 4.57 Å². The first-order valence-corrected chi connectivity index (χ1v) is 8.75. The lowest BCUT2D eigenvalue weighted by atomic mass is 10.4. The summed E-state index contributed by atoms with van der Waals surface area (Å²) in [7, 11) is 0. The fraction of sp³-hybridized carbons (Fsp3) is 0.385. The standard InChI is InChI=1S/C13H15N5OS2/c1-20-11-14-5-4-10(15-11)18-8-9-21-13(18)16-12(19)17-6-2-3-7-17/h4-5,8-9H,2-3,6-7H2,1H3/b16-13-. The number of thiazole rings is 1. The third kappa shape index (κ3) is 3.16. The highest BCUT2D eigenvalue weighted by Crippen LogP contribution is 2.11. The van der Waals surface area contributed by atoms with Crippen molar-refractivity contribution < 1.29 is 4.79 Å². The van der Waals surface area contributed by atoms with E-state index < -0.39 is 0 Å². The van der Waals surface area contributed by atoms with Crippen LogP contribution in [0.25, 0.3) is 5.82 Å². The topological polar surface area (TPSA) is 63.4 Å². The second kappa shape index (κ2) is 6.40. The predicted octanol–water partition coefficient (Wildman–Crippen LogP) is 2.17. The van der Waals surface area contributed by atoms with Crippen LogP contribution in [0.1, 0.15) is 12.8 Å². The van der Waals surface area contributed by atoms with E-state index in [1.54, 1.807) is 11.1 Å². The molecule has 8 heteroatoms. The van der Waals surface area contributed by atoms with Gasteiger partial charge in [0.25, 0.3) is 0 Å². The molecule has 21 heavy (non-hydrogen) atoms.